The second-order valence-corrected chi connectivity index (χ2v) is 9.22. The highest BCUT2D eigenvalue weighted by Crippen LogP contribution is 2.39. The van der Waals surface area contributed by atoms with Crippen LogP contribution in [0, 0.1) is 11.3 Å². The predicted octanol–water partition coefficient (Wildman–Crippen LogP) is 4.83. The molecule has 1 saturated heterocycles. The van der Waals surface area contributed by atoms with Crippen LogP contribution in [0.3, 0.4) is 0 Å². The van der Waals surface area contributed by atoms with E-state index in [1.165, 1.54) is 36.0 Å². The number of benzene rings is 2. The van der Waals surface area contributed by atoms with Gasteiger partial charge in [0.1, 0.15) is 0 Å². The van der Waals surface area contributed by atoms with E-state index in [1.807, 2.05) is 11.0 Å². The number of amides is 2. The van der Waals surface area contributed by atoms with Crippen molar-refractivity contribution in [2.75, 3.05) is 20.1 Å². The van der Waals surface area contributed by atoms with Gasteiger partial charge < -0.3 is 10.2 Å². The molecule has 2 aromatic carbocycles. The summed E-state index contributed by atoms with van der Waals surface area (Å²) in [4.78, 5) is 28.2. The van der Waals surface area contributed by atoms with Crippen LogP contribution in [-0.4, -0.2) is 36.9 Å². The monoisotopic (exact) mass is 418 g/mol. The minimum atomic E-state index is -0.469. The maximum atomic E-state index is 13.1. The maximum Gasteiger partial charge on any atom is 0.226 e. The fourth-order valence-corrected chi connectivity index (χ4v) is 5.45. The first-order chi connectivity index (χ1) is 15.1. The van der Waals surface area contributed by atoms with Crippen molar-refractivity contribution < 1.29 is 9.59 Å². The minimum Gasteiger partial charge on any atom is -0.359 e. The SMILES string of the molecule is CNC(=O)C1(Cc2ccccc2-c2ccccc2)CCN(C(=O)C2CCCCC2)CC1. The van der Waals surface area contributed by atoms with Crippen molar-refractivity contribution in [3.8, 4) is 11.1 Å². The molecule has 2 fully saturated rings. The van der Waals surface area contributed by atoms with E-state index in [0.29, 0.717) is 38.3 Å². The van der Waals surface area contributed by atoms with Gasteiger partial charge in [0, 0.05) is 26.1 Å². The van der Waals surface area contributed by atoms with Crippen LogP contribution >= 0.6 is 0 Å². The number of nitrogens with zero attached hydrogens (tertiary/aromatic N) is 1. The standard InChI is InChI=1S/C27H34N2O2/c1-28-26(31)27(16-18-29(19-17-27)25(30)22-12-6-3-7-13-22)20-23-14-8-9-15-24(23)21-10-4-2-5-11-21/h2,4-5,8-11,14-15,22H,3,6-7,12-13,16-20H2,1H3,(H,28,31). The first-order valence-corrected chi connectivity index (χ1v) is 11.8. The average Bonchev–Trinajstić information content (AvgIpc) is 2.85. The third kappa shape index (κ3) is 4.68. The quantitative estimate of drug-likeness (QED) is 0.756. The van der Waals surface area contributed by atoms with Gasteiger partial charge in [-0.1, -0.05) is 73.9 Å². The molecule has 0 atom stereocenters. The summed E-state index contributed by atoms with van der Waals surface area (Å²) >= 11 is 0. The molecule has 1 saturated carbocycles. The van der Waals surface area contributed by atoms with Gasteiger partial charge in [0.2, 0.25) is 11.8 Å². The number of hydrogen-bond acceptors (Lipinski definition) is 2. The molecule has 2 amide bonds. The topological polar surface area (TPSA) is 49.4 Å². The normalized spacial score (nSPS) is 19.1. The highest BCUT2D eigenvalue weighted by Gasteiger charge is 2.43. The Morgan fingerprint density at radius 1 is 0.935 bits per heavy atom. The summed E-state index contributed by atoms with van der Waals surface area (Å²) in [6, 6.07) is 18.8. The zero-order chi connectivity index (χ0) is 21.7. The lowest BCUT2D eigenvalue weighted by atomic mass is 9.71. The summed E-state index contributed by atoms with van der Waals surface area (Å²) in [5, 5.41) is 2.92. The van der Waals surface area contributed by atoms with Gasteiger partial charge >= 0.3 is 0 Å². The lowest BCUT2D eigenvalue weighted by Crippen LogP contribution is -2.51. The van der Waals surface area contributed by atoms with Gasteiger partial charge in [-0.15, -0.1) is 0 Å². The van der Waals surface area contributed by atoms with Crippen molar-refractivity contribution in [2.45, 2.75) is 51.4 Å². The van der Waals surface area contributed by atoms with Crippen molar-refractivity contribution in [3.63, 3.8) is 0 Å². The van der Waals surface area contributed by atoms with E-state index in [9.17, 15) is 9.59 Å². The van der Waals surface area contributed by atoms with E-state index in [0.717, 1.165) is 12.8 Å². The zero-order valence-corrected chi connectivity index (χ0v) is 18.6. The Hall–Kier alpha value is -2.62. The smallest absolute Gasteiger partial charge is 0.226 e. The Labute approximate surface area is 186 Å². The van der Waals surface area contributed by atoms with Gasteiger partial charge in [-0.25, -0.2) is 0 Å². The average molecular weight is 419 g/mol. The van der Waals surface area contributed by atoms with Crippen molar-refractivity contribution >= 4 is 11.8 Å². The van der Waals surface area contributed by atoms with E-state index < -0.39 is 5.41 Å². The summed E-state index contributed by atoms with van der Waals surface area (Å²) in [6.07, 6.45) is 7.78. The minimum absolute atomic E-state index is 0.0973. The number of hydrogen-bond donors (Lipinski definition) is 1. The van der Waals surface area contributed by atoms with Crippen molar-refractivity contribution in [1.82, 2.24) is 10.2 Å². The number of likely N-dealkylation sites (tertiary alicyclic amines) is 1. The Balaban J connectivity index is 1.53. The molecule has 4 nitrogen and oxygen atoms in total. The van der Waals surface area contributed by atoms with E-state index in [4.69, 9.17) is 0 Å². The van der Waals surface area contributed by atoms with Crippen LogP contribution in [0.4, 0.5) is 0 Å². The fraction of sp³-hybridized carbons (Fsp3) is 0.481. The van der Waals surface area contributed by atoms with Gasteiger partial charge in [-0.3, -0.25) is 9.59 Å². The second kappa shape index (κ2) is 9.67. The Bertz CT molecular complexity index is 894. The molecular weight excluding hydrogens is 384 g/mol. The highest BCUT2D eigenvalue weighted by molar-refractivity contribution is 5.84. The summed E-state index contributed by atoms with van der Waals surface area (Å²) < 4.78 is 0. The third-order valence-corrected chi connectivity index (χ3v) is 7.33. The van der Waals surface area contributed by atoms with Crippen molar-refractivity contribution in [3.05, 3.63) is 60.2 Å². The molecule has 1 N–H and O–H groups in total. The van der Waals surface area contributed by atoms with Crippen LogP contribution in [-0.2, 0) is 16.0 Å². The maximum absolute atomic E-state index is 13.1. The molecule has 2 aromatic rings. The van der Waals surface area contributed by atoms with Crippen LogP contribution in [0.5, 0.6) is 0 Å². The molecule has 31 heavy (non-hydrogen) atoms. The zero-order valence-electron chi connectivity index (χ0n) is 18.6. The first kappa shape index (κ1) is 21.6. The van der Waals surface area contributed by atoms with Gasteiger partial charge in [-0.2, -0.15) is 0 Å². The number of rotatable bonds is 5. The molecule has 0 aromatic heterocycles. The summed E-state index contributed by atoms with van der Waals surface area (Å²) in [5.41, 5.74) is 3.09. The van der Waals surface area contributed by atoms with E-state index in [1.54, 1.807) is 7.05 Å². The number of carbonyl (C=O) groups is 2. The third-order valence-electron chi connectivity index (χ3n) is 7.33. The Kier molecular flexibility index (Phi) is 6.74. The van der Waals surface area contributed by atoms with Gasteiger partial charge in [0.05, 0.1) is 5.41 Å². The van der Waals surface area contributed by atoms with E-state index in [2.05, 4.69) is 53.8 Å². The van der Waals surface area contributed by atoms with Gasteiger partial charge in [-0.05, 0) is 48.8 Å². The molecule has 1 aliphatic carbocycles. The molecule has 1 heterocycles. The molecule has 2 aliphatic rings. The number of nitrogens with one attached hydrogen (secondary N) is 1. The Morgan fingerprint density at radius 3 is 2.26 bits per heavy atom. The van der Waals surface area contributed by atoms with Crippen LogP contribution in [0.25, 0.3) is 11.1 Å². The molecule has 4 rings (SSSR count). The van der Waals surface area contributed by atoms with Crippen LogP contribution in [0.15, 0.2) is 54.6 Å². The summed E-state index contributed by atoms with van der Waals surface area (Å²) in [7, 11) is 1.73. The number of piperidine rings is 1. The molecule has 164 valence electrons. The van der Waals surface area contributed by atoms with Crippen LogP contribution < -0.4 is 5.32 Å². The van der Waals surface area contributed by atoms with Crippen molar-refractivity contribution in [2.24, 2.45) is 11.3 Å². The molecule has 1 aliphatic heterocycles. The lowest BCUT2D eigenvalue weighted by molar-refractivity contribution is -0.143. The predicted molar refractivity (Wildman–Crippen MR) is 124 cm³/mol. The van der Waals surface area contributed by atoms with E-state index >= 15 is 0 Å². The second-order valence-electron chi connectivity index (χ2n) is 9.22. The molecule has 0 bridgehead atoms. The Morgan fingerprint density at radius 2 is 1.58 bits per heavy atom. The summed E-state index contributed by atoms with van der Waals surface area (Å²) in [5.74, 6) is 0.607. The lowest BCUT2D eigenvalue weighted by Gasteiger charge is -2.42. The number of carbonyl (C=O) groups excluding carboxylic acids is 2. The van der Waals surface area contributed by atoms with Gasteiger partial charge in [0.25, 0.3) is 0 Å². The molecule has 0 spiro atoms. The fourth-order valence-electron chi connectivity index (χ4n) is 5.45. The highest BCUT2D eigenvalue weighted by atomic mass is 16.2. The largest absolute Gasteiger partial charge is 0.359 e. The van der Waals surface area contributed by atoms with Gasteiger partial charge in [0.15, 0.2) is 0 Å². The molecule has 0 radical (unpaired) electrons. The summed E-state index contributed by atoms with van der Waals surface area (Å²) in [6.45, 7) is 1.35. The van der Waals surface area contributed by atoms with E-state index in [-0.39, 0.29) is 11.8 Å². The molecular formula is C27H34N2O2. The molecule has 4 heteroatoms. The van der Waals surface area contributed by atoms with Crippen LogP contribution in [0.1, 0.15) is 50.5 Å². The molecule has 0 unspecified atom stereocenters. The first-order valence-electron chi connectivity index (χ1n) is 11.8. The van der Waals surface area contributed by atoms with Crippen molar-refractivity contribution in [1.29, 1.82) is 0 Å². The van der Waals surface area contributed by atoms with Crippen LogP contribution in [0.2, 0.25) is 0 Å².